The zero-order valence-electron chi connectivity index (χ0n) is 11.4. The topological polar surface area (TPSA) is 67.3 Å². The molecule has 7 heteroatoms. The molecule has 1 aromatic rings. The van der Waals surface area contributed by atoms with Crippen LogP contribution in [0.3, 0.4) is 0 Å². The first kappa shape index (κ1) is 14.9. The Kier molecular flexibility index (Phi) is 4.08. The summed E-state index contributed by atoms with van der Waals surface area (Å²) >= 11 is 0. The second kappa shape index (κ2) is 5.47. The smallest absolute Gasteiger partial charge is 0.296 e. The zero-order valence-corrected chi connectivity index (χ0v) is 12.2. The highest BCUT2D eigenvalue weighted by Crippen LogP contribution is 2.26. The molecule has 0 aromatic carbocycles. The lowest BCUT2D eigenvalue weighted by Gasteiger charge is -2.17. The molecule has 1 aromatic heterocycles. The minimum Gasteiger partial charge on any atom is -0.296 e. The van der Waals surface area contributed by atoms with E-state index in [1.807, 2.05) is 26.0 Å². The number of anilines is 1. The van der Waals surface area contributed by atoms with Crippen molar-refractivity contribution in [1.82, 2.24) is 4.98 Å². The molecule has 0 bridgehead atoms. The van der Waals surface area contributed by atoms with Crippen LogP contribution < -0.4 is 4.90 Å². The summed E-state index contributed by atoms with van der Waals surface area (Å²) in [6.45, 7) is 4.18. The van der Waals surface area contributed by atoms with Gasteiger partial charge in [0.25, 0.3) is 0 Å². The Morgan fingerprint density at radius 3 is 2.75 bits per heavy atom. The molecule has 1 unspecified atom stereocenters. The molecule has 1 saturated heterocycles. The third-order valence-electron chi connectivity index (χ3n) is 3.26. The largest absolute Gasteiger partial charge is 0.302 e. The third-order valence-corrected chi connectivity index (χ3v) is 4.13. The Hall–Kier alpha value is -1.50. The van der Waals surface area contributed by atoms with Crippen molar-refractivity contribution in [3.05, 3.63) is 23.9 Å². The van der Waals surface area contributed by atoms with Crippen molar-refractivity contribution >= 4 is 21.9 Å². The van der Waals surface area contributed by atoms with Gasteiger partial charge in [-0.25, -0.2) is 4.98 Å². The summed E-state index contributed by atoms with van der Waals surface area (Å²) in [6, 6.07) is 5.39. The minimum absolute atomic E-state index is 0.0384. The van der Waals surface area contributed by atoms with Gasteiger partial charge in [0.2, 0.25) is 5.91 Å². The number of rotatable bonds is 4. The van der Waals surface area contributed by atoms with E-state index in [2.05, 4.69) is 4.98 Å². The molecule has 1 aliphatic heterocycles. The van der Waals surface area contributed by atoms with Crippen LogP contribution in [0.4, 0.5) is 9.70 Å². The standard InChI is InChI=1S/C13H17FN2O3S/c1-9(2)11-4-3-5-12(15-11)16-7-10(6-13(16)17)8-20(14,18)19/h3-5,9-10H,6-8H2,1-2H3. The van der Waals surface area contributed by atoms with Crippen LogP contribution in [-0.2, 0) is 15.0 Å². The molecule has 0 N–H and O–H groups in total. The van der Waals surface area contributed by atoms with E-state index >= 15 is 0 Å². The van der Waals surface area contributed by atoms with Crippen molar-refractivity contribution in [2.75, 3.05) is 17.2 Å². The number of carbonyl (C=O) groups is 1. The lowest BCUT2D eigenvalue weighted by Crippen LogP contribution is -2.26. The molecule has 0 aliphatic carbocycles. The van der Waals surface area contributed by atoms with Crippen molar-refractivity contribution in [3.63, 3.8) is 0 Å². The van der Waals surface area contributed by atoms with Gasteiger partial charge in [0, 0.05) is 24.6 Å². The number of nitrogens with zero attached hydrogens (tertiary/aromatic N) is 2. The van der Waals surface area contributed by atoms with Gasteiger partial charge in [-0.15, -0.1) is 3.89 Å². The fourth-order valence-corrected chi connectivity index (χ4v) is 3.09. The normalized spacial score (nSPS) is 19.9. The highest BCUT2D eigenvalue weighted by Gasteiger charge is 2.34. The van der Waals surface area contributed by atoms with Crippen molar-refractivity contribution < 1.29 is 17.1 Å². The van der Waals surface area contributed by atoms with Gasteiger partial charge in [-0.3, -0.25) is 9.69 Å². The molecule has 110 valence electrons. The first-order chi connectivity index (χ1) is 9.26. The summed E-state index contributed by atoms with van der Waals surface area (Å²) in [5.41, 5.74) is 0.858. The predicted molar refractivity (Wildman–Crippen MR) is 73.7 cm³/mol. The van der Waals surface area contributed by atoms with Crippen LogP contribution >= 0.6 is 0 Å². The Labute approximate surface area is 118 Å². The van der Waals surface area contributed by atoms with E-state index in [-0.39, 0.29) is 24.8 Å². The van der Waals surface area contributed by atoms with E-state index in [9.17, 15) is 17.1 Å². The molecule has 0 radical (unpaired) electrons. The fourth-order valence-electron chi connectivity index (χ4n) is 2.31. The summed E-state index contributed by atoms with van der Waals surface area (Å²) in [5, 5.41) is 0. The monoisotopic (exact) mass is 300 g/mol. The molecule has 2 rings (SSSR count). The van der Waals surface area contributed by atoms with E-state index < -0.39 is 21.9 Å². The molecule has 1 atom stereocenters. The van der Waals surface area contributed by atoms with E-state index in [0.717, 1.165) is 5.69 Å². The van der Waals surface area contributed by atoms with Gasteiger partial charge in [0.05, 0.1) is 5.75 Å². The molecule has 1 fully saturated rings. The number of aromatic nitrogens is 1. The van der Waals surface area contributed by atoms with Crippen LogP contribution in [0.2, 0.25) is 0 Å². The third kappa shape index (κ3) is 3.53. The number of hydrogen-bond acceptors (Lipinski definition) is 4. The molecular weight excluding hydrogens is 283 g/mol. The SMILES string of the molecule is CC(C)c1cccc(N2CC(CS(=O)(=O)F)CC2=O)n1. The first-order valence-electron chi connectivity index (χ1n) is 6.46. The Morgan fingerprint density at radius 2 is 2.15 bits per heavy atom. The summed E-state index contributed by atoms with van der Waals surface area (Å²) in [6.07, 6.45) is 0.0384. The van der Waals surface area contributed by atoms with Crippen molar-refractivity contribution in [2.24, 2.45) is 5.92 Å². The van der Waals surface area contributed by atoms with Crippen LogP contribution in [0.25, 0.3) is 0 Å². The van der Waals surface area contributed by atoms with E-state index in [0.29, 0.717) is 5.82 Å². The van der Waals surface area contributed by atoms with Crippen LogP contribution in [0.15, 0.2) is 18.2 Å². The van der Waals surface area contributed by atoms with Gasteiger partial charge in [-0.2, -0.15) is 8.42 Å². The average molecular weight is 300 g/mol. The van der Waals surface area contributed by atoms with Crippen molar-refractivity contribution in [1.29, 1.82) is 0 Å². The Balaban J connectivity index is 2.17. The van der Waals surface area contributed by atoms with Gasteiger partial charge in [-0.05, 0) is 18.1 Å². The number of carbonyl (C=O) groups excluding carboxylic acids is 1. The summed E-state index contributed by atoms with van der Waals surface area (Å²) < 4.78 is 34.0. The average Bonchev–Trinajstić information content (AvgIpc) is 2.68. The molecule has 2 heterocycles. The van der Waals surface area contributed by atoms with E-state index in [1.54, 1.807) is 6.07 Å². The number of halogens is 1. The Morgan fingerprint density at radius 1 is 1.45 bits per heavy atom. The maximum Gasteiger partial charge on any atom is 0.302 e. The first-order valence-corrected chi connectivity index (χ1v) is 8.01. The summed E-state index contributed by atoms with van der Waals surface area (Å²) in [7, 11) is -4.56. The predicted octanol–water partition coefficient (Wildman–Crippen LogP) is 1.86. The minimum atomic E-state index is -4.56. The molecule has 20 heavy (non-hydrogen) atoms. The van der Waals surface area contributed by atoms with E-state index in [4.69, 9.17) is 0 Å². The summed E-state index contributed by atoms with van der Waals surface area (Å²) in [5.74, 6) is -0.609. The molecular formula is C13H17FN2O3S. The molecule has 1 aliphatic rings. The summed E-state index contributed by atoms with van der Waals surface area (Å²) in [4.78, 5) is 17.8. The second-order valence-electron chi connectivity index (χ2n) is 5.36. The highest BCUT2D eigenvalue weighted by atomic mass is 32.3. The highest BCUT2D eigenvalue weighted by molar-refractivity contribution is 7.86. The van der Waals surface area contributed by atoms with Crippen LogP contribution in [0, 0.1) is 5.92 Å². The second-order valence-corrected chi connectivity index (χ2v) is 6.77. The van der Waals surface area contributed by atoms with Crippen molar-refractivity contribution in [2.45, 2.75) is 26.2 Å². The molecule has 0 saturated carbocycles. The van der Waals surface area contributed by atoms with Gasteiger partial charge in [-0.1, -0.05) is 19.9 Å². The van der Waals surface area contributed by atoms with Gasteiger partial charge >= 0.3 is 10.2 Å². The molecule has 1 amide bonds. The van der Waals surface area contributed by atoms with E-state index in [1.165, 1.54) is 4.90 Å². The van der Waals surface area contributed by atoms with Gasteiger partial charge in [0.15, 0.2) is 0 Å². The van der Waals surface area contributed by atoms with Crippen LogP contribution in [0.1, 0.15) is 31.9 Å². The molecule has 5 nitrogen and oxygen atoms in total. The number of hydrogen-bond donors (Lipinski definition) is 0. The number of amides is 1. The lowest BCUT2D eigenvalue weighted by atomic mass is 10.1. The quantitative estimate of drug-likeness (QED) is 0.796. The van der Waals surface area contributed by atoms with Crippen LogP contribution in [0.5, 0.6) is 0 Å². The Bertz CT molecular complexity index is 616. The van der Waals surface area contributed by atoms with Crippen molar-refractivity contribution in [3.8, 4) is 0 Å². The maximum atomic E-state index is 12.7. The van der Waals surface area contributed by atoms with Crippen LogP contribution in [-0.4, -0.2) is 31.6 Å². The molecule has 0 spiro atoms. The van der Waals surface area contributed by atoms with Gasteiger partial charge < -0.3 is 0 Å². The maximum absolute atomic E-state index is 12.7. The number of pyridine rings is 1. The zero-order chi connectivity index (χ0) is 14.9. The fraction of sp³-hybridized carbons (Fsp3) is 0.538. The lowest BCUT2D eigenvalue weighted by molar-refractivity contribution is -0.117. The van der Waals surface area contributed by atoms with Gasteiger partial charge in [0.1, 0.15) is 5.82 Å².